The van der Waals surface area contributed by atoms with Crippen LogP contribution in [0.2, 0.25) is 0 Å². The van der Waals surface area contributed by atoms with Gasteiger partial charge in [-0.3, -0.25) is 4.79 Å². The smallest absolute Gasteiger partial charge is 0.326 e. The molecule has 1 aliphatic heterocycles. The number of carbonyl (C=O) groups is 2. The summed E-state index contributed by atoms with van der Waals surface area (Å²) < 4.78 is 0. The highest BCUT2D eigenvalue weighted by Gasteiger charge is 2.29. The molecule has 2 heterocycles. The minimum absolute atomic E-state index is 0.117. The van der Waals surface area contributed by atoms with E-state index in [1.165, 1.54) is 6.33 Å². The van der Waals surface area contributed by atoms with Crippen molar-refractivity contribution in [2.45, 2.75) is 18.9 Å². The Labute approximate surface area is 111 Å². The highest BCUT2D eigenvalue weighted by atomic mass is 16.4. The average Bonchev–Trinajstić information content (AvgIpc) is 2.99. The summed E-state index contributed by atoms with van der Waals surface area (Å²) in [6.45, 7) is 1.55. The summed E-state index contributed by atoms with van der Waals surface area (Å²) >= 11 is 0. The lowest BCUT2D eigenvalue weighted by Crippen LogP contribution is -2.45. The highest BCUT2D eigenvalue weighted by molar-refractivity contribution is 5.85. The average molecular weight is 266 g/mol. The molecule has 1 saturated heterocycles. The molecular weight excluding hydrogens is 248 g/mol. The van der Waals surface area contributed by atoms with Gasteiger partial charge in [0.1, 0.15) is 6.04 Å². The second-order valence-corrected chi connectivity index (χ2v) is 4.93. The second kappa shape index (κ2) is 5.83. The van der Waals surface area contributed by atoms with Gasteiger partial charge in [-0.1, -0.05) is 0 Å². The van der Waals surface area contributed by atoms with Gasteiger partial charge in [0.25, 0.3) is 0 Å². The first-order chi connectivity index (χ1) is 9.06. The van der Waals surface area contributed by atoms with E-state index in [9.17, 15) is 9.59 Å². The van der Waals surface area contributed by atoms with E-state index in [4.69, 9.17) is 5.11 Å². The fourth-order valence-corrected chi connectivity index (χ4v) is 2.25. The van der Waals surface area contributed by atoms with E-state index in [0.717, 1.165) is 13.0 Å². The Balaban J connectivity index is 1.93. The first-order valence-electron chi connectivity index (χ1n) is 6.25. The molecule has 0 spiro atoms. The summed E-state index contributed by atoms with van der Waals surface area (Å²) in [5.41, 5.74) is 0.691. The number of likely N-dealkylation sites (tertiary alicyclic amines) is 1. The van der Waals surface area contributed by atoms with Crippen LogP contribution in [-0.4, -0.2) is 58.0 Å². The number of hydrogen-bond donors (Lipinski definition) is 3. The van der Waals surface area contributed by atoms with E-state index in [1.54, 1.807) is 6.20 Å². The number of carboxylic acid groups (broad SMARTS) is 1. The van der Waals surface area contributed by atoms with Crippen LogP contribution in [0.4, 0.5) is 0 Å². The molecule has 1 aliphatic rings. The first-order valence-corrected chi connectivity index (χ1v) is 6.25. The van der Waals surface area contributed by atoms with Crippen molar-refractivity contribution in [1.82, 2.24) is 20.2 Å². The molecule has 0 aromatic carbocycles. The van der Waals surface area contributed by atoms with Gasteiger partial charge in [-0.15, -0.1) is 0 Å². The van der Waals surface area contributed by atoms with Gasteiger partial charge in [0, 0.05) is 24.9 Å². The number of H-pyrrole nitrogens is 1. The minimum Gasteiger partial charge on any atom is -0.480 e. The molecular formula is C12H18N4O3. The maximum Gasteiger partial charge on any atom is 0.326 e. The fraction of sp³-hybridized carbons (Fsp3) is 0.583. The van der Waals surface area contributed by atoms with Gasteiger partial charge in [-0.2, -0.15) is 0 Å². The van der Waals surface area contributed by atoms with Crippen LogP contribution < -0.4 is 5.32 Å². The molecule has 7 nitrogen and oxygen atoms in total. The van der Waals surface area contributed by atoms with Crippen molar-refractivity contribution in [1.29, 1.82) is 0 Å². The van der Waals surface area contributed by atoms with Crippen molar-refractivity contribution in [3.63, 3.8) is 0 Å². The molecule has 1 amide bonds. The molecule has 1 aromatic heterocycles. The molecule has 2 atom stereocenters. The van der Waals surface area contributed by atoms with E-state index in [1.807, 2.05) is 7.05 Å². The summed E-state index contributed by atoms with van der Waals surface area (Å²) in [7, 11) is 1.95. The van der Waals surface area contributed by atoms with Gasteiger partial charge < -0.3 is 20.3 Å². The second-order valence-electron chi connectivity index (χ2n) is 4.93. The summed E-state index contributed by atoms with van der Waals surface area (Å²) in [6.07, 6.45) is 4.04. The van der Waals surface area contributed by atoms with Crippen molar-refractivity contribution >= 4 is 11.9 Å². The lowest BCUT2D eigenvalue weighted by atomic mass is 10.1. The van der Waals surface area contributed by atoms with Gasteiger partial charge in [-0.25, -0.2) is 9.78 Å². The number of nitrogens with one attached hydrogen (secondary N) is 2. The number of nitrogens with zero attached hydrogens (tertiary/aromatic N) is 2. The third-order valence-corrected chi connectivity index (χ3v) is 3.36. The zero-order chi connectivity index (χ0) is 13.8. The Hall–Kier alpha value is -1.89. The zero-order valence-electron chi connectivity index (χ0n) is 10.8. The number of aromatic amines is 1. The third kappa shape index (κ3) is 3.54. The van der Waals surface area contributed by atoms with Crippen molar-refractivity contribution < 1.29 is 14.7 Å². The Morgan fingerprint density at radius 3 is 3.00 bits per heavy atom. The number of amides is 1. The van der Waals surface area contributed by atoms with Crippen LogP contribution in [0.1, 0.15) is 12.1 Å². The molecule has 2 rings (SSSR count). The Kier molecular flexibility index (Phi) is 4.16. The minimum atomic E-state index is -1.03. The van der Waals surface area contributed by atoms with Crippen molar-refractivity contribution in [2.24, 2.45) is 5.92 Å². The number of aliphatic carboxylic acids is 1. The predicted octanol–water partition coefficient (Wildman–Crippen LogP) is -0.527. The molecule has 0 radical (unpaired) electrons. The number of hydrogen-bond acceptors (Lipinski definition) is 4. The molecule has 0 bridgehead atoms. The quantitative estimate of drug-likeness (QED) is 0.665. The largest absolute Gasteiger partial charge is 0.480 e. The molecule has 1 fully saturated rings. The van der Waals surface area contributed by atoms with Gasteiger partial charge in [0.05, 0.1) is 12.2 Å². The summed E-state index contributed by atoms with van der Waals surface area (Å²) in [4.78, 5) is 31.9. The predicted molar refractivity (Wildman–Crippen MR) is 67.5 cm³/mol. The van der Waals surface area contributed by atoms with Crippen molar-refractivity contribution in [2.75, 3.05) is 20.1 Å². The fourth-order valence-electron chi connectivity index (χ4n) is 2.25. The molecule has 104 valence electrons. The van der Waals surface area contributed by atoms with Gasteiger partial charge >= 0.3 is 5.97 Å². The van der Waals surface area contributed by atoms with E-state index < -0.39 is 12.0 Å². The maximum atomic E-state index is 12.0. The summed E-state index contributed by atoms with van der Waals surface area (Å²) in [5, 5.41) is 11.8. The van der Waals surface area contributed by atoms with Gasteiger partial charge in [0.15, 0.2) is 0 Å². The SMILES string of the molecule is CN1CCC(C(=O)N[C@H](Cc2cnc[nH]2)C(=O)O)C1. The number of carboxylic acids is 1. The first kappa shape index (κ1) is 13.5. The lowest BCUT2D eigenvalue weighted by molar-refractivity contribution is -0.142. The van der Waals surface area contributed by atoms with Crippen LogP contribution in [0.3, 0.4) is 0 Å². The molecule has 19 heavy (non-hydrogen) atoms. The van der Waals surface area contributed by atoms with Crippen LogP contribution in [0.25, 0.3) is 0 Å². The molecule has 0 saturated carbocycles. The van der Waals surface area contributed by atoms with Crippen LogP contribution in [0, 0.1) is 5.92 Å². The van der Waals surface area contributed by atoms with Crippen LogP contribution in [0.5, 0.6) is 0 Å². The summed E-state index contributed by atoms with van der Waals surface area (Å²) in [6, 6.07) is -0.918. The van der Waals surface area contributed by atoms with Gasteiger partial charge in [0.2, 0.25) is 5.91 Å². The molecule has 7 heteroatoms. The Bertz CT molecular complexity index is 446. The zero-order valence-corrected chi connectivity index (χ0v) is 10.8. The Morgan fingerprint density at radius 1 is 1.68 bits per heavy atom. The van der Waals surface area contributed by atoms with Crippen molar-refractivity contribution in [3.8, 4) is 0 Å². The Morgan fingerprint density at radius 2 is 2.47 bits per heavy atom. The molecule has 1 unspecified atom stereocenters. The number of imidazole rings is 1. The summed E-state index contributed by atoms with van der Waals surface area (Å²) in [5.74, 6) is -1.33. The van der Waals surface area contributed by atoms with E-state index in [0.29, 0.717) is 12.2 Å². The normalized spacial score (nSPS) is 21.2. The third-order valence-electron chi connectivity index (χ3n) is 3.36. The van der Waals surface area contributed by atoms with E-state index in [2.05, 4.69) is 20.2 Å². The maximum absolute atomic E-state index is 12.0. The van der Waals surface area contributed by atoms with E-state index >= 15 is 0 Å². The molecule has 3 N–H and O–H groups in total. The standard InChI is InChI=1S/C12H18N4O3/c1-16-3-2-8(6-16)11(17)15-10(12(18)19)4-9-5-13-7-14-9/h5,7-8,10H,2-4,6H2,1H3,(H,13,14)(H,15,17)(H,18,19)/t8?,10-/m1/s1. The van der Waals surface area contributed by atoms with Crippen LogP contribution >= 0.6 is 0 Å². The topological polar surface area (TPSA) is 98.3 Å². The monoisotopic (exact) mass is 266 g/mol. The molecule has 0 aliphatic carbocycles. The van der Waals surface area contributed by atoms with Crippen LogP contribution in [0.15, 0.2) is 12.5 Å². The lowest BCUT2D eigenvalue weighted by Gasteiger charge is -2.16. The van der Waals surface area contributed by atoms with Crippen LogP contribution in [-0.2, 0) is 16.0 Å². The number of aromatic nitrogens is 2. The number of rotatable bonds is 5. The van der Waals surface area contributed by atoms with Crippen molar-refractivity contribution in [3.05, 3.63) is 18.2 Å². The van der Waals surface area contributed by atoms with E-state index in [-0.39, 0.29) is 18.2 Å². The number of carbonyl (C=O) groups excluding carboxylic acids is 1. The van der Waals surface area contributed by atoms with Gasteiger partial charge in [-0.05, 0) is 20.0 Å². The molecule has 1 aromatic rings. The highest BCUT2D eigenvalue weighted by Crippen LogP contribution is 2.14.